The molecule has 0 aromatic heterocycles. The van der Waals surface area contributed by atoms with Crippen molar-refractivity contribution in [1.82, 2.24) is 15.5 Å². The van der Waals surface area contributed by atoms with Gasteiger partial charge in [-0.1, -0.05) is 13.8 Å². The van der Waals surface area contributed by atoms with Crippen molar-refractivity contribution in [3.63, 3.8) is 0 Å². The van der Waals surface area contributed by atoms with Gasteiger partial charge in [-0.05, 0) is 57.7 Å². The largest absolute Gasteiger partial charge is 0.356 e. The molecular weight excluding hydrogens is 304 g/mol. The molecule has 1 aliphatic rings. The normalized spacial score (nSPS) is 23.8. The number of unbranched alkanes of at least 4 members (excludes halogenated alkanes) is 1. The Kier molecular flexibility index (Phi) is 9.37. The number of guanidine groups is 1. The van der Waals surface area contributed by atoms with Crippen LogP contribution in [0.2, 0.25) is 0 Å². The Labute approximate surface area is 148 Å². The molecule has 1 saturated heterocycles. The summed E-state index contributed by atoms with van der Waals surface area (Å²) in [6, 6.07) is 0. The predicted octanol–water partition coefficient (Wildman–Crippen LogP) is 3.05. The smallest absolute Gasteiger partial charge is 0.191 e. The van der Waals surface area contributed by atoms with E-state index < -0.39 is 0 Å². The van der Waals surface area contributed by atoms with E-state index in [1.165, 1.54) is 38.9 Å². The molecule has 0 aliphatic carbocycles. The van der Waals surface area contributed by atoms with Crippen LogP contribution in [0.4, 0.5) is 0 Å². The third-order valence-electron chi connectivity index (χ3n) is 4.60. The fraction of sp³-hybridized carbons (Fsp3) is 0.944. The molecule has 2 N–H and O–H groups in total. The first kappa shape index (κ1) is 20.6. The Balaban J connectivity index is 2.13. The molecule has 0 bridgehead atoms. The summed E-state index contributed by atoms with van der Waals surface area (Å²) < 4.78 is 0.235. The molecule has 136 valence electrons. The quantitative estimate of drug-likeness (QED) is 0.404. The zero-order chi connectivity index (χ0) is 17.3. The Bertz CT molecular complexity index is 347. The molecule has 5 heteroatoms. The van der Waals surface area contributed by atoms with Crippen LogP contribution >= 0.6 is 11.8 Å². The van der Waals surface area contributed by atoms with Crippen molar-refractivity contribution in [2.24, 2.45) is 16.8 Å². The van der Waals surface area contributed by atoms with Crippen molar-refractivity contribution in [3.05, 3.63) is 0 Å². The molecule has 0 radical (unpaired) electrons. The first-order valence-corrected chi connectivity index (χ1v) is 10.3. The van der Waals surface area contributed by atoms with Gasteiger partial charge in [0.1, 0.15) is 0 Å². The van der Waals surface area contributed by atoms with Crippen molar-refractivity contribution in [2.45, 2.75) is 51.7 Å². The first-order chi connectivity index (χ1) is 10.9. The summed E-state index contributed by atoms with van der Waals surface area (Å²) in [6.45, 7) is 15.0. The van der Waals surface area contributed by atoms with Crippen LogP contribution in [-0.4, -0.2) is 61.6 Å². The zero-order valence-electron chi connectivity index (χ0n) is 16.1. The van der Waals surface area contributed by atoms with Crippen molar-refractivity contribution in [2.75, 3.05) is 46.0 Å². The molecular formula is C18H38N4S. The molecule has 0 amide bonds. The van der Waals surface area contributed by atoms with E-state index in [2.05, 4.69) is 54.5 Å². The van der Waals surface area contributed by atoms with Crippen LogP contribution in [0.15, 0.2) is 4.99 Å². The van der Waals surface area contributed by atoms with Gasteiger partial charge in [-0.15, -0.1) is 0 Å². The Morgan fingerprint density at radius 1 is 1.17 bits per heavy atom. The van der Waals surface area contributed by atoms with Crippen LogP contribution in [0.1, 0.15) is 47.0 Å². The Morgan fingerprint density at radius 2 is 1.83 bits per heavy atom. The number of hydrogen-bond donors (Lipinski definition) is 2. The average molecular weight is 343 g/mol. The number of thioether (sulfide) groups is 1. The van der Waals surface area contributed by atoms with E-state index in [9.17, 15) is 0 Å². The molecule has 2 unspecified atom stereocenters. The van der Waals surface area contributed by atoms with Gasteiger partial charge < -0.3 is 15.5 Å². The van der Waals surface area contributed by atoms with Crippen molar-refractivity contribution in [3.8, 4) is 0 Å². The first-order valence-electron chi connectivity index (χ1n) is 9.08. The molecule has 0 aromatic carbocycles. The van der Waals surface area contributed by atoms with Crippen LogP contribution in [0, 0.1) is 11.8 Å². The topological polar surface area (TPSA) is 39.7 Å². The second-order valence-corrected chi connectivity index (χ2v) is 9.24. The van der Waals surface area contributed by atoms with Crippen LogP contribution in [0.5, 0.6) is 0 Å². The summed E-state index contributed by atoms with van der Waals surface area (Å²) in [5.41, 5.74) is 0. The monoisotopic (exact) mass is 342 g/mol. The highest BCUT2D eigenvalue weighted by Crippen LogP contribution is 2.21. The van der Waals surface area contributed by atoms with Gasteiger partial charge in [0.2, 0.25) is 0 Å². The third kappa shape index (κ3) is 8.85. The average Bonchev–Trinajstić information content (AvgIpc) is 2.49. The molecule has 1 rings (SSSR count). The number of nitrogens with one attached hydrogen (secondary N) is 2. The Morgan fingerprint density at radius 3 is 2.39 bits per heavy atom. The highest BCUT2D eigenvalue weighted by molar-refractivity contribution is 7.99. The second kappa shape index (κ2) is 10.4. The van der Waals surface area contributed by atoms with E-state index in [4.69, 9.17) is 0 Å². The molecule has 4 nitrogen and oxygen atoms in total. The van der Waals surface area contributed by atoms with Gasteiger partial charge in [0.15, 0.2) is 5.96 Å². The standard InChI is InChI=1S/C18H38N4S/c1-15-11-16(2)13-22(12-15)10-8-7-9-20-17(19-5)21-14-18(3,4)23-6/h15-16H,7-14H2,1-6H3,(H2,19,20,21). The van der Waals surface area contributed by atoms with Gasteiger partial charge in [-0.3, -0.25) is 4.99 Å². The van der Waals surface area contributed by atoms with E-state index in [1.807, 2.05) is 18.8 Å². The molecule has 2 atom stereocenters. The summed E-state index contributed by atoms with van der Waals surface area (Å²) in [7, 11) is 1.85. The van der Waals surface area contributed by atoms with Gasteiger partial charge in [-0.25, -0.2) is 0 Å². The van der Waals surface area contributed by atoms with Gasteiger partial charge in [0.25, 0.3) is 0 Å². The van der Waals surface area contributed by atoms with E-state index in [-0.39, 0.29) is 4.75 Å². The third-order valence-corrected chi connectivity index (χ3v) is 5.85. The number of likely N-dealkylation sites (tertiary alicyclic amines) is 1. The summed E-state index contributed by atoms with van der Waals surface area (Å²) in [5.74, 6) is 2.65. The van der Waals surface area contributed by atoms with Crippen molar-refractivity contribution >= 4 is 17.7 Å². The highest BCUT2D eigenvalue weighted by Gasteiger charge is 2.21. The van der Waals surface area contributed by atoms with E-state index in [0.717, 1.165) is 30.9 Å². The molecule has 1 fully saturated rings. The number of rotatable bonds is 8. The van der Waals surface area contributed by atoms with Crippen LogP contribution in [-0.2, 0) is 0 Å². The lowest BCUT2D eigenvalue weighted by Gasteiger charge is -2.35. The van der Waals surface area contributed by atoms with E-state index in [0.29, 0.717) is 0 Å². The summed E-state index contributed by atoms with van der Waals surface area (Å²) in [4.78, 5) is 6.95. The van der Waals surface area contributed by atoms with Gasteiger partial charge in [0.05, 0.1) is 0 Å². The SMILES string of the molecule is CN=C(NCCCCN1CC(C)CC(C)C1)NCC(C)(C)SC. The van der Waals surface area contributed by atoms with E-state index in [1.54, 1.807) is 0 Å². The predicted molar refractivity (Wildman–Crippen MR) is 106 cm³/mol. The second-order valence-electron chi connectivity index (χ2n) is 7.73. The van der Waals surface area contributed by atoms with Gasteiger partial charge in [-0.2, -0.15) is 11.8 Å². The lowest BCUT2D eigenvalue weighted by molar-refractivity contribution is 0.139. The lowest BCUT2D eigenvalue weighted by atomic mass is 9.92. The number of aliphatic imine (C=N–C) groups is 1. The zero-order valence-corrected chi connectivity index (χ0v) is 16.9. The maximum absolute atomic E-state index is 4.31. The number of nitrogens with zero attached hydrogens (tertiary/aromatic N) is 2. The van der Waals surface area contributed by atoms with Crippen LogP contribution < -0.4 is 10.6 Å². The molecule has 0 aromatic rings. The number of piperidine rings is 1. The minimum Gasteiger partial charge on any atom is -0.356 e. The molecule has 23 heavy (non-hydrogen) atoms. The van der Waals surface area contributed by atoms with Crippen LogP contribution in [0.25, 0.3) is 0 Å². The summed E-state index contributed by atoms with van der Waals surface area (Å²) in [6.07, 6.45) is 6.01. The van der Waals surface area contributed by atoms with Crippen LogP contribution in [0.3, 0.4) is 0 Å². The molecule has 1 heterocycles. The highest BCUT2D eigenvalue weighted by atomic mass is 32.2. The summed E-state index contributed by atoms with van der Waals surface area (Å²) in [5, 5.41) is 6.85. The molecule has 0 saturated carbocycles. The summed E-state index contributed by atoms with van der Waals surface area (Å²) >= 11 is 1.88. The fourth-order valence-electron chi connectivity index (χ4n) is 3.23. The molecule has 1 aliphatic heterocycles. The minimum atomic E-state index is 0.235. The van der Waals surface area contributed by atoms with Gasteiger partial charge in [0, 0.05) is 38.0 Å². The minimum absolute atomic E-state index is 0.235. The van der Waals surface area contributed by atoms with Gasteiger partial charge >= 0.3 is 0 Å². The van der Waals surface area contributed by atoms with E-state index >= 15 is 0 Å². The maximum atomic E-state index is 4.31. The van der Waals surface area contributed by atoms with Crippen molar-refractivity contribution < 1.29 is 0 Å². The fourth-order valence-corrected chi connectivity index (χ4v) is 3.45. The Hall–Kier alpha value is -0.420. The number of hydrogen-bond acceptors (Lipinski definition) is 3. The maximum Gasteiger partial charge on any atom is 0.191 e. The molecule has 0 spiro atoms. The lowest BCUT2D eigenvalue weighted by Crippen LogP contribution is -2.43. The van der Waals surface area contributed by atoms with Crippen molar-refractivity contribution in [1.29, 1.82) is 0 Å².